The number of pyridine rings is 1. The molecule has 0 saturated carbocycles. The lowest BCUT2D eigenvalue weighted by Gasteiger charge is -2.43. The molecule has 1 saturated heterocycles. The summed E-state index contributed by atoms with van der Waals surface area (Å²) in [5.74, 6) is 0. The number of aliphatic hydroxyl groups is 4. The molecule has 4 atom stereocenters. The van der Waals surface area contributed by atoms with Gasteiger partial charge in [0.25, 0.3) is 0 Å². The number of hydrogen-bond acceptors (Lipinski definition) is 6. The van der Waals surface area contributed by atoms with E-state index >= 15 is 0 Å². The Balaban J connectivity index is 1.73. The van der Waals surface area contributed by atoms with Crippen molar-refractivity contribution in [3.05, 3.63) is 54.2 Å². The van der Waals surface area contributed by atoms with Crippen LogP contribution in [-0.2, 0) is 6.54 Å². The summed E-state index contributed by atoms with van der Waals surface area (Å²) >= 11 is 0. The summed E-state index contributed by atoms with van der Waals surface area (Å²) in [7, 11) is 0. The fraction of sp³-hybridized carbons (Fsp3) is 0.389. The van der Waals surface area contributed by atoms with Crippen LogP contribution in [-0.4, -0.2) is 67.8 Å². The highest BCUT2D eigenvalue weighted by atomic mass is 16.4. The predicted octanol–water partition coefficient (Wildman–Crippen LogP) is 0.00780. The molecule has 0 radical (unpaired) electrons. The third-order valence-electron chi connectivity index (χ3n) is 4.52. The first-order chi connectivity index (χ1) is 11.6. The van der Waals surface area contributed by atoms with Crippen molar-refractivity contribution < 1.29 is 20.4 Å². The number of likely N-dealkylation sites (tertiary alicyclic amines) is 1. The van der Waals surface area contributed by atoms with Crippen molar-refractivity contribution in [2.24, 2.45) is 0 Å². The van der Waals surface area contributed by atoms with Gasteiger partial charge in [0.15, 0.2) is 0 Å². The number of aromatic nitrogens is 1. The minimum Gasteiger partial charge on any atom is -0.395 e. The highest BCUT2D eigenvalue weighted by molar-refractivity contribution is 5.58. The van der Waals surface area contributed by atoms with Crippen molar-refractivity contribution in [2.75, 3.05) is 13.2 Å². The average Bonchev–Trinajstić information content (AvgIpc) is 2.61. The lowest BCUT2D eigenvalue weighted by atomic mass is 9.93. The Hall–Kier alpha value is -1.83. The highest BCUT2D eigenvalue weighted by Crippen LogP contribution is 2.23. The van der Waals surface area contributed by atoms with Gasteiger partial charge in [-0.2, -0.15) is 0 Å². The molecular weight excluding hydrogens is 308 g/mol. The van der Waals surface area contributed by atoms with Gasteiger partial charge in [-0.3, -0.25) is 9.88 Å². The Morgan fingerprint density at radius 1 is 1.00 bits per heavy atom. The molecule has 128 valence electrons. The molecule has 2 heterocycles. The summed E-state index contributed by atoms with van der Waals surface area (Å²) in [5, 5.41) is 39.1. The smallest absolute Gasteiger partial charge is 0.109 e. The molecule has 1 aromatic heterocycles. The Morgan fingerprint density at radius 2 is 1.75 bits per heavy atom. The van der Waals surface area contributed by atoms with Gasteiger partial charge in [-0.05, 0) is 17.7 Å². The lowest BCUT2D eigenvalue weighted by molar-refractivity contribution is -0.147. The van der Waals surface area contributed by atoms with Crippen LogP contribution in [0.5, 0.6) is 0 Å². The normalized spacial score (nSPS) is 28.0. The molecule has 0 amide bonds. The predicted molar refractivity (Wildman–Crippen MR) is 89.0 cm³/mol. The third kappa shape index (κ3) is 3.48. The minimum absolute atomic E-state index is 0.200. The largest absolute Gasteiger partial charge is 0.395 e. The molecule has 24 heavy (non-hydrogen) atoms. The van der Waals surface area contributed by atoms with Crippen LogP contribution in [0.25, 0.3) is 11.3 Å². The first-order valence-electron chi connectivity index (χ1n) is 7.99. The van der Waals surface area contributed by atoms with Gasteiger partial charge in [-0.1, -0.05) is 30.3 Å². The van der Waals surface area contributed by atoms with E-state index in [0.29, 0.717) is 6.54 Å². The first-order valence-corrected chi connectivity index (χ1v) is 7.99. The van der Waals surface area contributed by atoms with Crippen molar-refractivity contribution in [3.63, 3.8) is 0 Å². The van der Waals surface area contributed by atoms with Crippen LogP contribution in [0, 0.1) is 0 Å². The van der Waals surface area contributed by atoms with E-state index < -0.39 is 24.4 Å². The fourth-order valence-corrected chi connectivity index (χ4v) is 3.11. The van der Waals surface area contributed by atoms with E-state index in [9.17, 15) is 20.4 Å². The summed E-state index contributed by atoms with van der Waals surface area (Å²) in [6.07, 6.45) is -1.69. The molecular formula is C18H22N2O4. The van der Waals surface area contributed by atoms with Gasteiger partial charge in [-0.25, -0.2) is 0 Å². The van der Waals surface area contributed by atoms with Gasteiger partial charge in [0.2, 0.25) is 0 Å². The van der Waals surface area contributed by atoms with Crippen LogP contribution < -0.4 is 0 Å². The van der Waals surface area contributed by atoms with E-state index in [1.807, 2.05) is 42.5 Å². The Labute approximate surface area is 140 Å². The number of hydrogen-bond donors (Lipinski definition) is 4. The van der Waals surface area contributed by atoms with Gasteiger partial charge in [0, 0.05) is 24.8 Å². The standard InChI is InChI=1S/C18H22N2O4/c21-11-15-17(23)18(24)16(22)10-20(15)9-12-4-6-13(7-5-12)14-3-1-2-8-19-14/h1-8,15-18,21-24H,9-11H2/t15-,16+,17?,18-/m1/s1. The zero-order chi connectivity index (χ0) is 17.1. The van der Waals surface area contributed by atoms with E-state index in [2.05, 4.69) is 4.98 Å². The number of benzene rings is 1. The first kappa shape index (κ1) is 17.0. The molecule has 0 spiro atoms. The molecule has 2 aromatic rings. The molecule has 1 unspecified atom stereocenters. The molecule has 6 nitrogen and oxygen atoms in total. The van der Waals surface area contributed by atoms with Gasteiger partial charge in [-0.15, -0.1) is 0 Å². The maximum absolute atomic E-state index is 10.0. The monoisotopic (exact) mass is 330 g/mol. The summed E-state index contributed by atoms with van der Waals surface area (Å²) in [6.45, 7) is 0.386. The molecule has 0 aliphatic carbocycles. The van der Waals surface area contributed by atoms with Crippen LogP contribution in [0.1, 0.15) is 5.56 Å². The minimum atomic E-state index is -1.23. The molecule has 0 bridgehead atoms. The van der Waals surface area contributed by atoms with E-state index in [4.69, 9.17) is 0 Å². The van der Waals surface area contributed by atoms with E-state index in [0.717, 1.165) is 16.8 Å². The van der Waals surface area contributed by atoms with Crippen molar-refractivity contribution in [2.45, 2.75) is 30.9 Å². The number of aliphatic hydroxyl groups excluding tert-OH is 4. The Morgan fingerprint density at radius 3 is 2.38 bits per heavy atom. The quantitative estimate of drug-likeness (QED) is 0.630. The van der Waals surface area contributed by atoms with Crippen molar-refractivity contribution in [1.82, 2.24) is 9.88 Å². The second-order valence-electron chi connectivity index (χ2n) is 6.14. The zero-order valence-corrected chi connectivity index (χ0v) is 13.2. The lowest BCUT2D eigenvalue weighted by Crippen LogP contribution is -2.62. The average molecular weight is 330 g/mol. The Kier molecular flexibility index (Phi) is 5.23. The second kappa shape index (κ2) is 7.38. The SMILES string of the molecule is OC[C@@H]1C(O)[C@H](O)[C@@H](O)CN1Cc1ccc(-c2ccccn2)cc1. The number of β-amino-alcohol motifs (C(OH)–C–C–N with tert-alkyl or cyclic N) is 1. The van der Waals surface area contributed by atoms with Crippen LogP contribution in [0.3, 0.4) is 0 Å². The number of piperidine rings is 1. The molecule has 1 aliphatic rings. The molecule has 3 rings (SSSR count). The van der Waals surface area contributed by atoms with Gasteiger partial charge in [0.1, 0.15) is 12.2 Å². The molecule has 1 fully saturated rings. The maximum atomic E-state index is 10.0. The van der Waals surface area contributed by atoms with E-state index in [-0.39, 0.29) is 13.2 Å². The molecule has 1 aromatic carbocycles. The third-order valence-corrected chi connectivity index (χ3v) is 4.52. The van der Waals surface area contributed by atoms with Crippen molar-refractivity contribution in [3.8, 4) is 11.3 Å². The fourth-order valence-electron chi connectivity index (χ4n) is 3.11. The summed E-state index contributed by atoms with van der Waals surface area (Å²) < 4.78 is 0. The van der Waals surface area contributed by atoms with Gasteiger partial charge < -0.3 is 20.4 Å². The van der Waals surface area contributed by atoms with Crippen LogP contribution in [0.4, 0.5) is 0 Å². The van der Waals surface area contributed by atoms with Crippen molar-refractivity contribution in [1.29, 1.82) is 0 Å². The summed E-state index contributed by atoms with van der Waals surface area (Å²) in [6, 6.07) is 13.0. The van der Waals surface area contributed by atoms with Gasteiger partial charge >= 0.3 is 0 Å². The van der Waals surface area contributed by atoms with Gasteiger partial charge in [0.05, 0.1) is 24.4 Å². The summed E-state index contributed by atoms with van der Waals surface area (Å²) in [5.41, 5.74) is 2.89. The van der Waals surface area contributed by atoms with E-state index in [1.165, 1.54) is 0 Å². The van der Waals surface area contributed by atoms with Crippen LogP contribution in [0.2, 0.25) is 0 Å². The second-order valence-corrected chi connectivity index (χ2v) is 6.14. The molecule has 6 heteroatoms. The molecule has 1 aliphatic heterocycles. The number of nitrogens with zero attached hydrogens (tertiary/aromatic N) is 2. The van der Waals surface area contributed by atoms with E-state index in [1.54, 1.807) is 11.1 Å². The van der Waals surface area contributed by atoms with Crippen LogP contribution in [0.15, 0.2) is 48.7 Å². The highest BCUT2D eigenvalue weighted by Gasteiger charge is 2.40. The maximum Gasteiger partial charge on any atom is 0.109 e. The Bertz CT molecular complexity index is 650. The number of rotatable bonds is 4. The summed E-state index contributed by atoms with van der Waals surface area (Å²) in [4.78, 5) is 6.10. The topological polar surface area (TPSA) is 97.0 Å². The van der Waals surface area contributed by atoms with Crippen molar-refractivity contribution >= 4 is 0 Å². The van der Waals surface area contributed by atoms with Crippen LogP contribution >= 0.6 is 0 Å². The zero-order valence-electron chi connectivity index (χ0n) is 13.2. The molecule has 4 N–H and O–H groups in total.